The zero-order valence-electron chi connectivity index (χ0n) is 15.1. The van der Waals surface area contributed by atoms with Gasteiger partial charge in [0.05, 0.1) is 19.1 Å². The average molecular weight is 363 g/mol. The molecule has 6 nitrogen and oxygen atoms in total. The van der Waals surface area contributed by atoms with Crippen molar-refractivity contribution in [2.75, 3.05) is 19.7 Å². The molecule has 138 valence electrons. The molecule has 1 N–H and O–H groups in total. The van der Waals surface area contributed by atoms with Gasteiger partial charge in [-0.2, -0.15) is 0 Å². The molecule has 1 fully saturated rings. The van der Waals surface area contributed by atoms with Crippen molar-refractivity contribution >= 4 is 11.4 Å². The zero-order valence-corrected chi connectivity index (χ0v) is 15.1. The fourth-order valence-electron chi connectivity index (χ4n) is 3.43. The molecule has 0 unspecified atom stereocenters. The molecule has 6 heteroatoms. The molecular weight excluding hydrogens is 342 g/mol. The van der Waals surface area contributed by atoms with E-state index in [-0.39, 0.29) is 11.7 Å². The summed E-state index contributed by atoms with van der Waals surface area (Å²) in [5.41, 5.74) is 3.90. The molecule has 0 radical (unpaired) electrons. The molecule has 1 aliphatic heterocycles. The van der Waals surface area contributed by atoms with Crippen molar-refractivity contribution < 1.29 is 14.6 Å². The van der Waals surface area contributed by atoms with Crippen LogP contribution in [-0.2, 0) is 4.79 Å². The highest BCUT2D eigenvalue weighted by Crippen LogP contribution is 2.32. The number of carbonyl (C=O) groups is 1. The number of nitrogens with zero attached hydrogens (tertiary/aromatic N) is 3. The van der Waals surface area contributed by atoms with Gasteiger partial charge < -0.3 is 19.1 Å². The Morgan fingerprint density at radius 1 is 1.41 bits per heavy atom. The van der Waals surface area contributed by atoms with Crippen LogP contribution in [0.2, 0.25) is 0 Å². The average Bonchev–Trinajstić information content (AvgIpc) is 3.08. The third kappa shape index (κ3) is 3.26. The van der Waals surface area contributed by atoms with Crippen LogP contribution in [0.25, 0.3) is 16.6 Å². The number of carbonyl (C=O) groups excluding carboxylic acids is 1. The van der Waals surface area contributed by atoms with Crippen molar-refractivity contribution in [3.05, 3.63) is 61.2 Å². The number of hydrogen-bond acceptors (Lipinski definition) is 4. The fraction of sp³-hybridized carbons (Fsp3) is 0.238. The second-order valence-corrected chi connectivity index (χ2v) is 6.90. The fourth-order valence-corrected chi connectivity index (χ4v) is 3.43. The molecule has 4 rings (SSSR count). The summed E-state index contributed by atoms with van der Waals surface area (Å²) in [5, 5.41) is 9.66. The van der Waals surface area contributed by atoms with Gasteiger partial charge in [0.25, 0.3) is 0 Å². The highest BCUT2D eigenvalue weighted by Gasteiger charge is 2.29. The predicted octanol–water partition coefficient (Wildman–Crippen LogP) is 3.04. The molecule has 3 aromatic rings. The number of likely N-dealkylation sites (tertiary alicyclic amines) is 1. The molecule has 0 spiro atoms. The third-order valence-electron chi connectivity index (χ3n) is 4.92. The van der Waals surface area contributed by atoms with E-state index in [4.69, 9.17) is 4.74 Å². The molecule has 1 amide bonds. The van der Waals surface area contributed by atoms with Crippen LogP contribution in [0.1, 0.15) is 5.56 Å². The molecule has 0 bridgehead atoms. The van der Waals surface area contributed by atoms with Gasteiger partial charge in [-0.1, -0.05) is 12.6 Å². The Bertz CT molecular complexity index is 1020. The maximum absolute atomic E-state index is 11.5. The van der Waals surface area contributed by atoms with Crippen LogP contribution in [-0.4, -0.2) is 45.0 Å². The summed E-state index contributed by atoms with van der Waals surface area (Å²) in [7, 11) is 0. The Hall–Kier alpha value is -3.28. The van der Waals surface area contributed by atoms with Gasteiger partial charge in [0, 0.05) is 30.8 Å². The van der Waals surface area contributed by atoms with Gasteiger partial charge in [-0.05, 0) is 42.3 Å². The quantitative estimate of drug-likeness (QED) is 0.708. The first kappa shape index (κ1) is 17.1. The number of aromatic hydroxyl groups is 1. The maximum atomic E-state index is 11.5. The minimum absolute atomic E-state index is 0.0331. The number of ether oxygens (including phenoxy) is 1. The number of phenolic OH excluding ortho intramolecular Hbond substituents is 1. The van der Waals surface area contributed by atoms with E-state index in [2.05, 4.69) is 11.6 Å². The summed E-state index contributed by atoms with van der Waals surface area (Å²) in [5.74, 6) is 1.29. The van der Waals surface area contributed by atoms with E-state index in [1.165, 1.54) is 6.08 Å². The van der Waals surface area contributed by atoms with E-state index >= 15 is 0 Å². The minimum Gasteiger partial charge on any atom is -0.508 e. The lowest BCUT2D eigenvalue weighted by Gasteiger charge is -2.38. The molecule has 1 aromatic carbocycles. The van der Waals surface area contributed by atoms with Crippen LogP contribution in [0, 0.1) is 12.8 Å². The Morgan fingerprint density at radius 2 is 2.22 bits per heavy atom. The normalized spacial score (nSPS) is 14.2. The van der Waals surface area contributed by atoms with Crippen LogP contribution < -0.4 is 4.74 Å². The Kier molecular flexibility index (Phi) is 4.32. The van der Waals surface area contributed by atoms with Gasteiger partial charge >= 0.3 is 0 Å². The molecular formula is C21H21N3O3. The first-order chi connectivity index (χ1) is 13.0. The van der Waals surface area contributed by atoms with Gasteiger partial charge in [-0.15, -0.1) is 0 Å². The SMILES string of the molecule is C=CC(=O)N1CC(COc2cc(-c3ccc(O)cc3C)cn3cncc23)C1. The first-order valence-electron chi connectivity index (χ1n) is 8.85. The molecule has 3 heterocycles. The lowest BCUT2D eigenvalue weighted by molar-refractivity contribution is -0.132. The van der Waals surface area contributed by atoms with Crippen molar-refractivity contribution in [2.24, 2.45) is 5.92 Å². The summed E-state index contributed by atoms with van der Waals surface area (Å²) in [6, 6.07) is 7.33. The van der Waals surface area contributed by atoms with Gasteiger partial charge in [-0.3, -0.25) is 4.79 Å². The number of imidazole rings is 1. The summed E-state index contributed by atoms with van der Waals surface area (Å²) in [4.78, 5) is 17.5. The van der Waals surface area contributed by atoms with Crippen molar-refractivity contribution in [3.8, 4) is 22.6 Å². The topological polar surface area (TPSA) is 67.1 Å². The van der Waals surface area contributed by atoms with E-state index in [0.29, 0.717) is 25.6 Å². The number of aryl methyl sites for hydroxylation is 1. The summed E-state index contributed by atoms with van der Waals surface area (Å²) < 4.78 is 8.03. The third-order valence-corrected chi connectivity index (χ3v) is 4.92. The van der Waals surface area contributed by atoms with Gasteiger partial charge in [0.2, 0.25) is 5.91 Å². The van der Waals surface area contributed by atoms with E-state index in [1.54, 1.807) is 29.6 Å². The monoisotopic (exact) mass is 363 g/mol. The Labute approximate surface area is 157 Å². The number of fused-ring (bicyclic) bond motifs is 1. The number of hydrogen-bond donors (Lipinski definition) is 1. The number of rotatable bonds is 5. The molecule has 0 aliphatic carbocycles. The zero-order chi connectivity index (χ0) is 19.0. The number of aromatic nitrogens is 2. The van der Waals surface area contributed by atoms with Crippen LogP contribution in [0.3, 0.4) is 0 Å². The first-order valence-corrected chi connectivity index (χ1v) is 8.85. The van der Waals surface area contributed by atoms with Crippen LogP contribution in [0.5, 0.6) is 11.5 Å². The molecule has 27 heavy (non-hydrogen) atoms. The standard InChI is InChI=1S/C21H21N3O3/c1-3-21(26)23-9-15(10-23)12-27-20-7-16(11-24-13-22-8-19(20)24)18-5-4-17(25)6-14(18)2/h3-8,11,13,15,25H,1,9-10,12H2,2H3. The van der Waals surface area contributed by atoms with E-state index in [0.717, 1.165) is 28.0 Å². The molecule has 0 saturated carbocycles. The molecule has 1 saturated heterocycles. The Morgan fingerprint density at radius 3 is 2.96 bits per heavy atom. The van der Waals surface area contributed by atoms with E-state index in [1.807, 2.05) is 29.7 Å². The minimum atomic E-state index is -0.0331. The maximum Gasteiger partial charge on any atom is 0.245 e. The highest BCUT2D eigenvalue weighted by atomic mass is 16.5. The number of pyridine rings is 1. The van der Waals surface area contributed by atoms with Crippen molar-refractivity contribution in [1.29, 1.82) is 0 Å². The summed E-state index contributed by atoms with van der Waals surface area (Å²) in [6.07, 6.45) is 6.87. The second-order valence-electron chi connectivity index (χ2n) is 6.90. The van der Waals surface area contributed by atoms with Crippen LogP contribution in [0.15, 0.2) is 55.6 Å². The molecule has 1 aliphatic rings. The van der Waals surface area contributed by atoms with Gasteiger partial charge in [-0.25, -0.2) is 4.98 Å². The van der Waals surface area contributed by atoms with Crippen LogP contribution in [0.4, 0.5) is 0 Å². The van der Waals surface area contributed by atoms with Crippen molar-refractivity contribution in [3.63, 3.8) is 0 Å². The second kappa shape index (κ2) is 6.79. The lowest BCUT2D eigenvalue weighted by Crippen LogP contribution is -2.51. The lowest BCUT2D eigenvalue weighted by atomic mass is 10.0. The number of benzene rings is 1. The van der Waals surface area contributed by atoms with Crippen LogP contribution >= 0.6 is 0 Å². The van der Waals surface area contributed by atoms with Crippen molar-refractivity contribution in [2.45, 2.75) is 6.92 Å². The van der Waals surface area contributed by atoms with Gasteiger partial charge in [0.1, 0.15) is 17.0 Å². The molecule has 2 aromatic heterocycles. The van der Waals surface area contributed by atoms with E-state index < -0.39 is 0 Å². The van der Waals surface area contributed by atoms with Gasteiger partial charge in [0.15, 0.2) is 0 Å². The number of amides is 1. The molecule has 0 atom stereocenters. The number of phenols is 1. The van der Waals surface area contributed by atoms with E-state index in [9.17, 15) is 9.90 Å². The Balaban J connectivity index is 1.56. The smallest absolute Gasteiger partial charge is 0.245 e. The summed E-state index contributed by atoms with van der Waals surface area (Å²) >= 11 is 0. The largest absolute Gasteiger partial charge is 0.508 e. The highest BCUT2D eigenvalue weighted by molar-refractivity contribution is 5.87. The summed E-state index contributed by atoms with van der Waals surface area (Å²) in [6.45, 7) is 7.40. The van der Waals surface area contributed by atoms with Crippen molar-refractivity contribution in [1.82, 2.24) is 14.3 Å². The predicted molar refractivity (Wildman–Crippen MR) is 103 cm³/mol.